The first kappa shape index (κ1) is 8.70. The van der Waals surface area contributed by atoms with Gasteiger partial charge in [-0.25, -0.2) is 5.48 Å². The molecule has 0 atom stereocenters. The van der Waals surface area contributed by atoms with Gasteiger partial charge in [0.05, 0.1) is 6.61 Å². The van der Waals surface area contributed by atoms with Gasteiger partial charge < -0.3 is 5.11 Å². The number of hydrogen-bond donors (Lipinski definition) is 3. The molecule has 4 heteroatoms. The highest BCUT2D eigenvalue weighted by molar-refractivity contribution is 5.93. The molecule has 1 aromatic carbocycles. The van der Waals surface area contributed by atoms with Crippen molar-refractivity contribution >= 4 is 5.91 Å². The Hall–Kier alpha value is -1.39. The molecule has 0 heterocycles. The van der Waals surface area contributed by atoms with E-state index in [1.807, 2.05) is 0 Å². The van der Waals surface area contributed by atoms with E-state index in [1.54, 1.807) is 18.2 Å². The van der Waals surface area contributed by atoms with E-state index >= 15 is 0 Å². The molecule has 0 radical (unpaired) electrons. The second kappa shape index (κ2) is 3.85. The van der Waals surface area contributed by atoms with Crippen LogP contribution in [0.15, 0.2) is 24.3 Å². The minimum atomic E-state index is -0.578. The largest absolute Gasteiger partial charge is 0.392 e. The van der Waals surface area contributed by atoms with Crippen molar-refractivity contribution < 1.29 is 15.1 Å². The molecule has 0 saturated carbocycles. The van der Waals surface area contributed by atoms with Crippen LogP contribution in [-0.2, 0) is 6.61 Å². The molecule has 0 saturated heterocycles. The molecule has 3 N–H and O–H groups in total. The Balaban J connectivity index is 2.93. The Labute approximate surface area is 69.4 Å². The maximum Gasteiger partial charge on any atom is 0.274 e. The van der Waals surface area contributed by atoms with Crippen LogP contribution in [0.3, 0.4) is 0 Å². The predicted molar refractivity (Wildman–Crippen MR) is 41.6 cm³/mol. The van der Waals surface area contributed by atoms with E-state index in [1.165, 1.54) is 11.5 Å². The molecule has 0 aliphatic heterocycles. The summed E-state index contributed by atoms with van der Waals surface area (Å²) in [6.45, 7) is -0.119. The van der Waals surface area contributed by atoms with Crippen molar-refractivity contribution in [3.63, 3.8) is 0 Å². The average Bonchev–Trinajstić information content (AvgIpc) is 2.17. The Morgan fingerprint density at radius 3 is 2.83 bits per heavy atom. The summed E-state index contributed by atoms with van der Waals surface area (Å²) >= 11 is 0. The molecule has 1 amide bonds. The number of aliphatic hydroxyl groups is 1. The molecular weight excluding hydrogens is 158 g/mol. The number of benzene rings is 1. The van der Waals surface area contributed by atoms with Crippen molar-refractivity contribution in [1.29, 1.82) is 0 Å². The van der Waals surface area contributed by atoms with Crippen molar-refractivity contribution in [3.05, 3.63) is 35.4 Å². The SMILES string of the molecule is O=C(NO)c1cccc(CO)c1. The van der Waals surface area contributed by atoms with Gasteiger partial charge in [-0.2, -0.15) is 0 Å². The summed E-state index contributed by atoms with van der Waals surface area (Å²) in [5, 5.41) is 17.0. The van der Waals surface area contributed by atoms with Gasteiger partial charge in [0.15, 0.2) is 0 Å². The maximum absolute atomic E-state index is 10.8. The first-order chi connectivity index (χ1) is 5.77. The van der Waals surface area contributed by atoms with Gasteiger partial charge in [-0.15, -0.1) is 0 Å². The van der Waals surface area contributed by atoms with Gasteiger partial charge in [0.1, 0.15) is 0 Å². The summed E-state index contributed by atoms with van der Waals surface area (Å²) in [6.07, 6.45) is 0. The van der Waals surface area contributed by atoms with Crippen molar-refractivity contribution in [3.8, 4) is 0 Å². The normalized spacial score (nSPS) is 9.50. The topological polar surface area (TPSA) is 69.6 Å². The van der Waals surface area contributed by atoms with Crippen LogP contribution < -0.4 is 5.48 Å². The summed E-state index contributed by atoms with van der Waals surface area (Å²) in [7, 11) is 0. The smallest absolute Gasteiger partial charge is 0.274 e. The number of amides is 1. The summed E-state index contributed by atoms with van der Waals surface area (Å²) in [5.74, 6) is -0.578. The molecule has 12 heavy (non-hydrogen) atoms. The second-order valence-corrected chi connectivity index (χ2v) is 2.30. The number of aliphatic hydroxyl groups excluding tert-OH is 1. The lowest BCUT2D eigenvalue weighted by atomic mass is 10.1. The summed E-state index contributed by atoms with van der Waals surface area (Å²) in [5.41, 5.74) is 2.47. The van der Waals surface area contributed by atoms with Gasteiger partial charge in [-0.3, -0.25) is 10.0 Å². The molecule has 0 spiro atoms. The van der Waals surface area contributed by atoms with Gasteiger partial charge in [-0.05, 0) is 17.7 Å². The molecule has 0 unspecified atom stereocenters. The molecule has 1 aromatic rings. The van der Waals surface area contributed by atoms with Crippen LogP contribution in [0.4, 0.5) is 0 Å². The van der Waals surface area contributed by atoms with Crippen LogP contribution in [0, 0.1) is 0 Å². The highest BCUT2D eigenvalue weighted by Gasteiger charge is 2.02. The number of hydrogen-bond acceptors (Lipinski definition) is 3. The Morgan fingerprint density at radius 1 is 1.50 bits per heavy atom. The number of hydroxylamine groups is 1. The molecule has 0 aromatic heterocycles. The molecule has 4 nitrogen and oxygen atoms in total. The molecule has 0 aliphatic carbocycles. The van der Waals surface area contributed by atoms with E-state index in [2.05, 4.69) is 0 Å². The molecule has 0 bridgehead atoms. The van der Waals surface area contributed by atoms with Crippen molar-refractivity contribution in [1.82, 2.24) is 5.48 Å². The average molecular weight is 167 g/mol. The van der Waals surface area contributed by atoms with E-state index in [-0.39, 0.29) is 6.61 Å². The standard InChI is InChI=1S/C8H9NO3/c10-5-6-2-1-3-7(4-6)8(11)9-12/h1-4,10,12H,5H2,(H,9,11). The lowest BCUT2D eigenvalue weighted by molar-refractivity contribution is 0.0706. The zero-order valence-electron chi connectivity index (χ0n) is 6.32. The zero-order valence-corrected chi connectivity index (χ0v) is 6.32. The quantitative estimate of drug-likeness (QED) is 0.438. The Morgan fingerprint density at radius 2 is 2.25 bits per heavy atom. The van der Waals surface area contributed by atoms with Gasteiger partial charge in [0.2, 0.25) is 0 Å². The van der Waals surface area contributed by atoms with Crippen molar-refractivity contribution in [2.45, 2.75) is 6.61 Å². The predicted octanol–water partition coefficient (Wildman–Crippen LogP) is 0.298. The van der Waals surface area contributed by atoms with Crippen LogP contribution in [0.2, 0.25) is 0 Å². The molecule has 0 fully saturated rings. The maximum atomic E-state index is 10.8. The van der Waals surface area contributed by atoms with Crippen LogP contribution in [0.5, 0.6) is 0 Å². The first-order valence-electron chi connectivity index (χ1n) is 3.42. The van der Waals surface area contributed by atoms with Crippen molar-refractivity contribution in [2.75, 3.05) is 0 Å². The molecular formula is C8H9NO3. The highest BCUT2D eigenvalue weighted by atomic mass is 16.5. The highest BCUT2D eigenvalue weighted by Crippen LogP contribution is 2.04. The fourth-order valence-electron chi connectivity index (χ4n) is 0.875. The minimum Gasteiger partial charge on any atom is -0.392 e. The van der Waals surface area contributed by atoms with Gasteiger partial charge in [0, 0.05) is 5.56 Å². The van der Waals surface area contributed by atoms with Crippen LogP contribution in [0.1, 0.15) is 15.9 Å². The van der Waals surface area contributed by atoms with E-state index in [0.29, 0.717) is 11.1 Å². The number of carbonyl (C=O) groups excluding carboxylic acids is 1. The Kier molecular flexibility index (Phi) is 2.79. The fourth-order valence-corrected chi connectivity index (χ4v) is 0.875. The van der Waals surface area contributed by atoms with E-state index < -0.39 is 5.91 Å². The monoisotopic (exact) mass is 167 g/mol. The van der Waals surface area contributed by atoms with Crippen molar-refractivity contribution in [2.24, 2.45) is 0 Å². The summed E-state index contributed by atoms with van der Waals surface area (Å²) in [4.78, 5) is 10.8. The summed E-state index contributed by atoms with van der Waals surface area (Å²) < 4.78 is 0. The third-order valence-corrected chi connectivity index (χ3v) is 1.47. The van der Waals surface area contributed by atoms with Gasteiger partial charge in [0.25, 0.3) is 5.91 Å². The van der Waals surface area contributed by atoms with Gasteiger partial charge in [-0.1, -0.05) is 12.1 Å². The number of nitrogens with one attached hydrogen (secondary N) is 1. The number of rotatable bonds is 2. The van der Waals surface area contributed by atoms with E-state index in [9.17, 15) is 4.79 Å². The zero-order chi connectivity index (χ0) is 8.97. The van der Waals surface area contributed by atoms with Crippen LogP contribution >= 0.6 is 0 Å². The van der Waals surface area contributed by atoms with Crippen LogP contribution in [0.25, 0.3) is 0 Å². The second-order valence-electron chi connectivity index (χ2n) is 2.30. The Bertz CT molecular complexity index is 285. The first-order valence-corrected chi connectivity index (χ1v) is 3.42. The van der Waals surface area contributed by atoms with E-state index in [0.717, 1.165) is 0 Å². The van der Waals surface area contributed by atoms with Gasteiger partial charge >= 0.3 is 0 Å². The lowest BCUT2D eigenvalue weighted by Crippen LogP contribution is -2.18. The number of carbonyl (C=O) groups is 1. The molecule has 64 valence electrons. The third kappa shape index (κ3) is 1.81. The minimum absolute atomic E-state index is 0.119. The molecule has 0 aliphatic rings. The summed E-state index contributed by atoms with van der Waals surface area (Å²) in [6, 6.07) is 6.38. The van der Waals surface area contributed by atoms with E-state index in [4.69, 9.17) is 10.3 Å². The third-order valence-electron chi connectivity index (χ3n) is 1.47. The lowest BCUT2D eigenvalue weighted by Gasteiger charge is -2.00. The van der Waals surface area contributed by atoms with Crippen LogP contribution in [-0.4, -0.2) is 16.2 Å². The fraction of sp³-hybridized carbons (Fsp3) is 0.125. The molecule has 1 rings (SSSR count).